The van der Waals surface area contributed by atoms with Crippen molar-refractivity contribution in [2.75, 3.05) is 17.3 Å². The van der Waals surface area contributed by atoms with Crippen molar-refractivity contribution in [1.29, 1.82) is 0 Å². The summed E-state index contributed by atoms with van der Waals surface area (Å²) in [6.07, 6.45) is 2.48. The fourth-order valence-corrected chi connectivity index (χ4v) is 4.18. The molecule has 1 fully saturated rings. The molecule has 1 saturated carbocycles. The van der Waals surface area contributed by atoms with Crippen LogP contribution in [0.1, 0.15) is 70.1 Å². The number of urea groups is 1. The maximum absolute atomic E-state index is 13.5. The zero-order valence-corrected chi connectivity index (χ0v) is 18.6. The van der Waals surface area contributed by atoms with Crippen LogP contribution in [0.4, 0.5) is 25.0 Å². The SMILES string of the molecule is COc1cc(C(F)F)ncc1NC(=O)N(c1ccccc1C(C)C)C1CCC(C)CC1. The van der Waals surface area contributed by atoms with Crippen LogP contribution in [0, 0.1) is 5.92 Å². The van der Waals surface area contributed by atoms with Gasteiger partial charge in [-0.2, -0.15) is 0 Å². The normalized spacial score (nSPS) is 18.8. The summed E-state index contributed by atoms with van der Waals surface area (Å²) in [4.78, 5) is 19.2. The summed E-state index contributed by atoms with van der Waals surface area (Å²) in [5.74, 6) is 1.05. The lowest BCUT2D eigenvalue weighted by atomic mass is 9.86. The average Bonchev–Trinajstić information content (AvgIpc) is 2.75. The van der Waals surface area contributed by atoms with E-state index in [9.17, 15) is 13.6 Å². The number of nitrogens with zero attached hydrogens (tertiary/aromatic N) is 2. The number of rotatable bonds is 6. The first-order valence-corrected chi connectivity index (χ1v) is 10.8. The Kier molecular flexibility index (Phi) is 7.46. The van der Waals surface area contributed by atoms with Crippen LogP contribution in [0.3, 0.4) is 0 Å². The molecule has 1 heterocycles. The lowest BCUT2D eigenvalue weighted by Gasteiger charge is -2.37. The molecular weight excluding hydrogens is 400 g/mol. The molecule has 7 heteroatoms. The largest absolute Gasteiger partial charge is 0.494 e. The maximum atomic E-state index is 13.5. The van der Waals surface area contributed by atoms with Gasteiger partial charge in [0.15, 0.2) is 0 Å². The summed E-state index contributed by atoms with van der Waals surface area (Å²) in [6, 6.07) is 8.86. The van der Waals surface area contributed by atoms with E-state index in [0.29, 0.717) is 5.92 Å². The van der Waals surface area contributed by atoms with Crippen LogP contribution in [0.25, 0.3) is 0 Å². The van der Waals surface area contributed by atoms with E-state index in [4.69, 9.17) is 4.74 Å². The molecule has 0 atom stereocenters. The number of aromatic nitrogens is 1. The number of para-hydroxylation sites is 1. The Labute approximate surface area is 182 Å². The van der Waals surface area contributed by atoms with Gasteiger partial charge in [0.1, 0.15) is 17.1 Å². The van der Waals surface area contributed by atoms with Crippen molar-refractivity contribution in [1.82, 2.24) is 4.98 Å². The number of nitrogens with one attached hydrogen (secondary N) is 1. The number of amides is 2. The third kappa shape index (κ3) is 5.32. The van der Waals surface area contributed by atoms with Gasteiger partial charge in [0.05, 0.1) is 13.3 Å². The van der Waals surface area contributed by atoms with E-state index in [1.807, 2.05) is 29.2 Å². The van der Waals surface area contributed by atoms with Crippen LogP contribution < -0.4 is 15.0 Å². The zero-order valence-electron chi connectivity index (χ0n) is 18.6. The molecule has 1 aliphatic carbocycles. The van der Waals surface area contributed by atoms with Gasteiger partial charge >= 0.3 is 6.03 Å². The van der Waals surface area contributed by atoms with E-state index >= 15 is 0 Å². The van der Waals surface area contributed by atoms with Crippen LogP contribution in [0.15, 0.2) is 36.5 Å². The lowest BCUT2D eigenvalue weighted by Crippen LogP contribution is -2.45. The number of benzene rings is 1. The average molecular weight is 432 g/mol. The molecule has 0 unspecified atom stereocenters. The molecule has 1 aliphatic rings. The Bertz CT molecular complexity index is 896. The number of hydrogen-bond donors (Lipinski definition) is 1. The van der Waals surface area contributed by atoms with Crippen molar-refractivity contribution in [2.45, 2.75) is 64.8 Å². The van der Waals surface area contributed by atoms with Crippen LogP contribution in [0.2, 0.25) is 0 Å². The summed E-state index contributed by atoms with van der Waals surface area (Å²) < 4.78 is 31.3. The molecule has 0 radical (unpaired) electrons. The Morgan fingerprint density at radius 2 is 1.87 bits per heavy atom. The van der Waals surface area contributed by atoms with Crippen molar-refractivity contribution in [2.24, 2.45) is 5.92 Å². The number of ether oxygens (including phenoxy) is 1. The molecule has 0 aliphatic heterocycles. The lowest BCUT2D eigenvalue weighted by molar-refractivity contribution is 0.145. The molecule has 5 nitrogen and oxygen atoms in total. The van der Waals surface area contributed by atoms with Gasteiger partial charge in [0.2, 0.25) is 0 Å². The van der Waals surface area contributed by atoms with Crippen molar-refractivity contribution in [3.63, 3.8) is 0 Å². The molecule has 0 bridgehead atoms. The second-order valence-corrected chi connectivity index (χ2v) is 8.54. The zero-order chi connectivity index (χ0) is 22.5. The first-order chi connectivity index (χ1) is 14.8. The minimum atomic E-state index is -2.71. The van der Waals surface area contributed by atoms with Crippen molar-refractivity contribution >= 4 is 17.4 Å². The summed E-state index contributed by atoms with van der Waals surface area (Å²) in [7, 11) is 1.38. The van der Waals surface area contributed by atoms with Gasteiger partial charge in [0.25, 0.3) is 6.43 Å². The third-order valence-corrected chi connectivity index (χ3v) is 5.96. The molecule has 1 N–H and O–H groups in total. The van der Waals surface area contributed by atoms with E-state index in [2.05, 4.69) is 31.1 Å². The minimum absolute atomic E-state index is 0.0652. The monoisotopic (exact) mass is 431 g/mol. The fraction of sp³-hybridized carbons (Fsp3) is 0.500. The third-order valence-electron chi connectivity index (χ3n) is 5.96. The van der Waals surface area contributed by atoms with Gasteiger partial charge in [-0.25, -0.2) is 13.6 Å². The summed E-state index contributed by atoms with van der Waals surface area (Å²) >= 11 is 0. The van der Waals surface area contributed by atoms with Crippen molar-refractivity contribution in [3.05, 3.63) is 47.8 Å². The highest BCUT2D eigenvalue weighted by Gasteiger charge is 2.31. The topological polar surface area (TPSA) is 54.5 Å². The first kappa shape index (κ1) is 23.0. The Balaban J connectivity index is 1.96. The molecule has 0 spiro atoms. The molecule has 1 aromatic heterocycles. The van der Waals surface area contributed by atoms with Crippen LogP contribution >= 0.6 is 0 Å². The van der Waals surface area contributed by atoms with Gasteiger partial charge < -0.3 is 10.1 Å². The van der Waals surface area contributed by atoms with Gasteiger partial charge in [-0.15, -0.1) is 0 Å². The highest BCUT2D eigenvalue weighted by atomic mass is 19.3. The molecule has 3 rings (SSSR count). The van der Waals surface area contributed by atoms with E-state index in [0.717, 1.165) is 43.0 Å². The van der Waals surface area contributed by atoms with Gasteiger partial charge in [-0.05, 0) is 49.1 Å². The number of methoxy groups -OCH3 is 1. The molecule has 2 aromatic rings. The minimum Gasteiger partial charge on any atom is -0.494 e. The first-order valence-electron chi connectivity index (χ1n) is 10.8. The maximum Gasteiger partial charge on any atom is 0.326 e. The van der Waals surface area contributed by atoms with E-state index in [1.54, 1.807) is 0 Å². The second kappa shape index (κ2) is 10.1. The predicted molar refractivity (Wildman–Crippen MR) is 119 cm³/mol. The van der Waals surface area contributed by atoms with Crippen LogP contribution in [0.5, 0.6) is 5.75 Å². The Morgan fingerprint density at radius 3 is 2.48 bits per heavy atom. The van der Waals surface area contributed by atoms with Gasteiger partial charge in [-0.3, -0.25) is 9.88 Å². The molecule has 1 aromatic carbocycles. The quantitative estimate of drug-likeness (QED) is 0.549. The molecular formula is C24H31F2N3O2. The predicted octanol–water partition coefficient (Wildman–Crippen LogP) is 6.77. The Hall–Kier alpha value is -2.70. The van der Waals surface area contributed by atoms with Crippen molar-refractivity contribution < 1.29 is 18.3 Å². The van der Waals surface area contributed by atoms with Gasteiger partial charge in [-0.1, -0.05) is 39.0 Å². The van der Waals surface area contributed by atoms with Crippen LogP contribution in [-0.4, -0.2) is 24.2 Å². The summed E-state index contributed by atoms with van der Waals surface area (Å²) in [6.45, 7) is 6.45. The standard InChI is InChI=1S/C24H31F2N3O2/c1-15(2)18-7-5-6-8-21(18)29(17-11-9-16(3)10-12-17)24(30)28-20-14-27-19(23(25)26)13-22(20)31-4/h5-8,13-17,23H,9-12H2,1-4H3,(H,28,30). The number of carbonyl (C=O) groups is 1. The summed E-state index contributed by atoms with van der Waals surface area (Å²) in [5, 5.41) is 2.86. The fourth-order valence-electron chi connectivity index (χ4n) is 4.18. The molecule has 31 heavy (non-hydrogen) atoms. The number of halogens is 2. The highest BCUT2D eigenvalue weighted by molar-refractivity contribution is 6.03. The van der Waals surface area contributed by atoms with E-state index in [1.165, 1.54) is 13.3 Å². The Morgan fingerprint density at radius 1 is 1.19 bits per heavy atom. The molecule has 168 valence electrons. The molecule has 2 amide bonds. The van der Waals surface area contributed by atoms with E-state index in [-0.39, 0.29) is 29.4 Å². The van der Waals surface area contributed by atoms with Gasteiger partial charge in [0, 0.05) is 17.8 Å². The van der Waals surface area contributed by atoms with Crippen molar-refractivity contribution in [3.8, 4) is 5.75 Å². The summed E-state index contributed by atoms with van der Waals surface area (Å²) in [5.41, 5.74) is 1.85. The highest BCUT2D eigenvalue weighted by Crippen LogP contribution is 2.36. The second-order valence-electron chi connectivity index (χ2n) is 8.54. The van der Waals surface area contributed by atoms with E-state index < -0.39 is 12.1 Å². The number of carbonyl (C=O) groups excluding carboxylic acids is 1. The number of hydrogen-bond acceptors (Lipinski definition) is 3. The number of pyridine rings is 1. The smallest absolute Gasteiger partial charge is 0.326 e. The molecule has 0 saturated heterocycles. The van der Waals surface area contributed by atoms with Crippen LogP contribution in [-0.2, 0) is 0 Å². The number of alkyl halides is 2. The number of anilines is 2.